The Morgan fingerprint density at radius 3 is 2.47 bits per heavy atom. The number of fused-ring (bicyclic) bond motifs is 1. The van der Waals surface area contributed by atoms with E-state index in [0.717, 1.165) is 0 Å². The lowest BCUT2D eigenvalue weighted by Crippen LogP contribution is -2.66. The van der Waals surface area contributed by atoms with Crippen molar-refractivity contribution in [3.8, 4) is 0 Å². The third-order valence-electron chi connectivity index (χ3n) is 6.17. The minimum Gasteiger partial charge on any atom is -0.444 e. The normalized spacial score (nSPS) is 29.1. The van der Waals surface area contributed by atoms with Crippen LogP contribution in [0.15, 0.2) is 29.3 Å². The molecular formula is C23H33FN2O5S. The predicted molar refractivity (Wildman–Crippen MR) is 121 cm³/mol. The molecule has 2 aliphatic heterocycles. The van der Waals surface area contributed by atoms with E-state index in [1.54, 1.807) is 26.8 Å². The lowest BCUT2D eigenvalue weighted by molar-refractivity contribution is -0.0501. The summed E-state index contributed by atoms with van der Waals surface area (Å²) in [6.45, 7) is 11.9. The SMILES string of the molecule is CC(C)[C@H]1C[C@@H]2[C@](c3ccccc3F)(CO1)N=C(NC(=O)OC(C)(C)C)C(C)(C)S2(=O)=O. The van der Waals surface area contributed by atoms with Crippen molar-refractivity contribution in [1.82, 2.24) is 5.32 Å². The number of carbonyl (C=O) groups is 1. The van der Waals surface area contributed by atoms with E-state index in [0.29, 0.717) is 0 Å². The molecule has 1 saturated heterocycles. The van der Waals surface area contributed by atoms with Gasteiger partial charge in [-0.2, -0.15) is 0 Å². The van der Waals surface area contributed by atoms with Gasteiger partial charge in [0.25, 0.3) is 0 Å². The molecule has 2 aliphatic rings. The Hall–Kier alpha value is -2.00. The van der Waals surface area contributed by atoms with Crippen molar-refractivity contribution in [1.29, 1.82) is 0 Å². The van der Waals surface area contributed by atoms with Gasteiger partial charge in [-0.1, -0.05) is 32.0 Å². The van der Waals surface area contributed by atoms with E-state index in [1.165, 1.54) is 32.0 Å². The number of amidine groups is 1. The largest absolute Gasteiger partial charge is 0.444 e. The Kier molecular flexibility index (Phi) is 6.23. The van der Waals surface area contributed by atoms with Gasteiger partial charge in [-0.25, -0.2) is 17.6 Å². The summed E-state index contributed by atoms with van der Waals surface area (Å²) in [7, 11) is -3.94. The van der Waals surface area contributed by atoms with Gasteiger partial charge < -0.3 is 9.47 Å². The maximum Gasteiger partial charge on any atom is 0.413 e. The van der Waals surface area contributed by atoms with E-state index in [1.807, 2.05) is 13.8 Å². The Labute approximate surface area is 189 Å². The molecule has 1 aromatic rings. The smallest absolute Gasteiger partial charge is 0.413 e. The zero-order valence-corrected chi connectivity index (χ0v) is 20.5. The van der Waals surface area contributed by atoms with Gasteiger partial charge in [0.1, 0.15) is 27.5 Å². The Morgan fingerprint density at radius 1 is 1.28 bits per heavy atom. The second-order valence-corrected chi connectivity index (χ2v) is 13.0. The molecule has 2 heterocycles. The molecule has 7 nitrogen and oxygen atoms in total. The van der Waals surface area contributed by atoms with Crippen LogP contribution in [0.2, 0.25) is 0 Å². The minimum atomic E-state index is -3.94. The Balaban J connectivity index is 2.21. The number of alkyl carbamates (subject to hydrolysis) is 1. The summed E-state index contributed by atoms with van der Waals surface area (Å²) in [5.74, 6) is -0.575. The van der Waals surface area contributed by atoms with Crippen molar-refractivity contribution < 1.29 is 27.1 Å². The summed E-state index contributed by atoms with van der Waals surface area (Å²) >= 11 is 0. The number of halogens is 1. The molecular weight excluding hydrogens is 435 g/mol. The number of benzene rings is 1. The molecule has 0 aliphatic carbocycles. The summed E-state index contributed by atoms with van der Waals surface area (Å²) in [6, 6.07) is 5.99. The van der Waals surface area contributed by atoms with E-state index in [-0.39, 0.29) is 36.4 Å². The van der Waals surface area contributed by atoms with Crippen LogP contribution in [-0.2, 0) is 24.8 Å². The maximum absolute atomic E-state index is 15.0. The van der Waals surface area contributed by atoms with Crippen LogP contribution in [0.5, 0.6) is 0 Å². The number of carbonyl (C=O) groups excluding carboxylic acids is 1. The minimum absolute atomic E-state index is 0.0807. The molecule has 1 fully saturated rings. The van der Waals surface area contributed by atoms with Gasteiger partial charge in [0.15, 0.2) is 9.84 Å². The van der Waals surface area contributed by atoms with Crippen LogP contribution in [0.1, 0.15) is 60.5 Å². The number of amides is 1. The molecule has 0 spiro atoms. The average Bonchev–Trinajstić information content (AvgIpc) is 2.65. The Morgan fingerprint density at radius 2 is 1.91 bits per heavy atom. The molecule has 0 unspecified atom stereocenters. The fourth-order valence-corrected chi connectivity index (χ4v) is 6.56. The maximum atomic E-state index is 15.0. The van der Waals surface area contributed by atoms with Gasteiger partial charge in [0.2, 0.25) is 0 Å². The van der Waals surface area contributed by atoms with Crippen molar-refractivity contribution in [2.45, 2.75) is 82.1 Å². The van der Waals surface area contributed by atoms with Crippen LogP contribution in [0.3, 0.4) is 0 Å². The second-order valence-electron chi connectivity index (χ2n) is 10.4. The van der Waals surface area contributed by atoms with Crippen LogP contribution in [0, 0.1) is 11.7 Å². The zero-order valence-electron chi connectivity index (χ0n) is 19.7. The fraction of sp³-hybridized carbons (Fsp3) is 0.652. The first-order valence-corrected chi connectivity index (χ1v) is 12.4. The van der Waals surface area contributed by atoms with Crippen LogP contribution < -0.4 is 5.32 Å². The predicted octanol–water partition coefficient (Wildman–Crippen LogP) is 3.96. The van der Waals surface area contributed by atoms with Gasteiger partial charge in [-0.3, -0.25) is 10.3 Å². The molecule has 1 amide bonds. The summed E-state index contributed by atoms with van der Waals surface area (Å²) in [6.07, 6.45) is -0.944. The number of aliphatic imine (C=N–C) groups is 1. The molecule has 178 valence electrons. The van der Waals surface area contributed by atoms with E-state index < -0.39 is 42.9 Å². The molecule has 0 saturated carbocycles. The van der Waals surface area contributed by atoms with Crippen molar-refractivity contribution in [2.24, 2.45) is 10.9 Å². The summed E-state index contributed by atoms with van der Waals surface area (Å²) in [5, 5.41) is 1.53. The van der Waals surface area contributed by atoms with Crippen molar-refractivity contribution in [3.05, 3.63) is 35.6 Å². The molecule has 9 heteroatoms. The molecule has 32 heavy (non-hydrogen) atoms. The van der Waals surface area contributed by atoms with E-state index in [2.05, 4.69) is 5.32 Å². The molecule has 0 radical (unpaired) electrons. The van der Waals surface area contributed by atoms with Crippen LogP contribution in [-0.4, -0.2) is 48.7 Å². The van der Waals surface area contributed by atoms with Crippen molar-refractivity contribution >= 4 is 21.8 Å². The molecule has 3 atom stereocenters. The third kappa shape index (κ3) is 4.17. The number of ether oxygens (including phenoxy) is 2. The molecule has 0 aromatic heterocycles. The number of hydrogen-bond donors (Lipinski definition) is 1. The quantitative estimate of drug-likeness (QED) is 0.709. The first-order valence-electron chi connectivity index (χ1n) is 10.8. The molecule has 1 N–H and O–H groups in total. The Bertz CT molecular complexity index is 1030. The van der Waals surface area contributed by atoms with Crippen LogP contribution in [0.4, 0.5) is 9.18 Å². The first-order chi connectivity index (χ1) is 14.6. The molecule has 1 aromatic carbocycles. The number of nitrogens with zero attached hydrogens (tertiary/aromatic N) is 1. The third-order valence-corrected chi connectivity index (χ3v) is 9.11. The lowest BCUT2D eigenvalue weighted by Gasteiger charge is -2.50. The van der Waals surface area contributed by atoms with Gasteiger partial charge in [0, 0.05) is 5.56 Å². The highest BCUT2D eigenvalue weighted by atomic mass is 32.2. The van der Waals surface area contributed by atoms with Crippen LogP contribution >= 0.6 is 0 Å². The number of rotatable bonds is 2. The van der Waals surface area contributed by atoms with Gasteiger partial charge in [-0.15, -0.1) is 0 Å². The average molecular weight is 469 g/mol. The summed E-state index contributed by atoms with van der Waals surface area (Å²) in [4.78, 5) is 17.3. The number of hydrogen-bond acceptors (Lipinski definition) is 6. The zero-order chi connectivity index (χ0) is 24.1. The molecule has 3 rings (SSSR count). The fourth-order valence-electron chi connectivity index (χ4n) is 4.28. The monoisotopic (exact) mass is 468 g/mol. The van der Waals surface area contributed by atoms with Crippen LogP contribution in [0.25, 0.3) is 0 Å². The topological polar surface area (TPSA) is 94.1 Å². The highest BCUT2D eigenvalue weighted by molar-refractivity contribution is 7.94. The van der Waals surface area contributed by atoms with E-state index in [9.17, 15) is 13.2 Å². The summed E-state index contributed by atoms with van der Waals surface area (Å²) < 4.78 is 52.8. The van der Waals surface area contributed by atoms with E-state index >= 15 is 4.39 Å². The lowest BCUT2D eigenvalue weighted by atomic mass is 9.80. The van der Waals surface area contributed by atoms with Gasteiger partial charge in [0.05, 0.1) is 18.0 Å². The first kappa shape index (κ1) is 24.6. The van der Waals surface area contributed by atoms with E-state index in [4.69, 9.17) is 14.5 Å². The van der Waals surface area contributed by atoms with Gasteiger partial charge >= 0.3 is 6.09 Å². The van der Waals surface area contributed by atoms with Crippen molar-refractivity contribution in [2.75, 3.05) is 6.61 Å². The number of sulfone groups is 1. The highest BCUT2D eigenvalue weighted by Gasteiger charge is 2.62. The molecule has 0 bridgehead atoms. The summed E-state index contributed by atoms with van der Waals surface area (Å²) in [5.41, 5.74) is -2.17. The number of nitrogens with one attached hydrogen (secondary N) is 1. The highest BCUT2D eigenvalue weighted by Crippen LogP contribution is 2.48. The standard InChI is InChI=1S/C23H33FN2O5S/c1-14(2)17-12-18-23(13-30-17,15-10-8-9-11-16(15)24)26-19(22(6,7)32(18,28)29)25-20(27)31-21(3,4)5/h8-11,14,17-18H,12-13H2,1-7H3,(H,25,26,27)/t17-,18-,23-/m1/s1. The second kappa shape index (κ2) is 8.09. The van der Waals surface area contributed by atoms with Gasteiger partial charge in [-0.05, 0) is 53.0 Å². The van der Waals surface area contributed by atoms with Crippen molar-refractivity contribution in [3.63, 3.8) is 0 Å².